The summed E-state index contributed by atoms with van der Waals surface area (Å²) in [6, 6.07) is -1.91. The summed E-state index contributed by atoms with van der Waals surface area (Å²) in [5.74, 6) is -1.13. The Kier molecular flexibility index (Phi) is 10.1. The molecule has 0 aliphatic carbocycles. The maximum absolute atomic E-state index is 11.6. The Balaban J connectivity index is 4.00. The van der Waals surface area contributed by atoms with Crippen LogP contribution in [0, 0.1) is 0 Å². The summed E-state index contributed by atoms with van der Waals surface area (Å²) in [6.07, 6.45) is -0.196. The average Bonchev–Trinajstić information content (AvgIpc) is 2.38. The van der Waals surface area contributed by atoms with Gasteiger partial charge in [-0.2, -0.15) is 0 Å². The number of nitrogens with one attached hydrogen (secondary N) is 1. The molecule has 0 aromatic carbocycles. The monoisotopic (exact) mass is 368 g/mol. The molecule has 0 saturated heterocycles. The van der Waals surface area contributed by atoms with Crippen LogP contribution in [0.1, 0.15) is 33.6 Å². The Bertz CT molecular complexity index is 414. The number of hydrogen-bond acceptors (Lipinski definition) is 7. The molecule has 0 aromatic heterocycles. The summed E-state index contributed by atoms with van der Waals surface area (Å²) < 4.78 is 5.02. The molecule has 23 heavy (non-hydrogen) atoms. The summed E-state index contributed by atoms with van der Waals surface area (Å²) in [6.45, 7) is 5.07. The normalized spacial score (nSPS) is 13.9. The van der Waals surface area contributed by atoms with Crippen LogP contribution in [0.15, 0.2) is 0 Å². The van der Waals surface area contributed by atoms with Crippen molar-refractivity contribution in [3.63, 3.8) is 0 Å². The van der Waals surface area contributed by atoms with Crippen molar-refractivity contribution in [2.45, 2.75) is 51.3 Å². The third-order valence-corrected chi connectivity index (χ3v) is 4.86. The molecule has 0 aliphatic rings. The van der Waals surface area contributed by atoms with Crippen LogP contribution in [-0.2, 0) is 14.3 Å². The summed E-state index contributed by atoms with van der Waals surface area (Å²) in [7, 11) is 2.82. The molecular formula is C13H24N2O6S2. The zero-order valence-corrected chi connectivity index (χ0v) is 15.0. The molecule has 0 aliphatic heterocycles. The minimum absolute atomic E-state index is 0.233. The molecule has 0 heterocycles. The van der Waals surface area contributed by atoms with Crippen LogP contribution in [0.25, 0.3) is 0 Å². The number of alkyl carbamates (subject to hydrolysis) is 1. The minimum Gasteiger partial charge on any atom is -0.480 e. The van der Waals surface area contributed by atoms with Crippen molar-refractivity contribution in [1.82, 2.24) is 5.32 Å². The standard InChI is InChI=1S/C13H24N2O6S2/c1-13(2,3)21-12(20)15-9(11(18)19)5-7-23-22-6-4-8(14)10(16)17/h8-9H,4-7,14H2,1-3H3,(H,15,20)(H,16,17)(H,18,19)/t8-,9-/m0/s1. The molecule has 0 rings (SSSR count). The number of carbonyl (C=O) groups is 3. The van der Waals surface area contributed by atoms with Crippen LogP contribution in [-0.4, -0.2) is 57.4 Å². The second kappa shape index (κ2) is 10.6. The van der Waals surface area contributed by atoms with Crippen LogP contribution in [0.2, 0.25) is 0 Å². The molecule has 5 N–H and O–H groups in total. The average molecular weight is 368 g/mol. The van der Waals surface area contributed by atoms with Crippen LogP contribution < -0.4 is 11.1 Å². The van der Waals surface area contributed by atoms with Gasteiger partial charge in [-0.3, -0.25) is 4.79 Å². The SMILES string of the molecule is CC(C)(C)OC(=O)N[C@@H](CCSSCC[C@H](N)C(=O)O)C(=O)O. The van der Waals surface area contributed by atoms with E-state index in [-0.39, 0.29) is 6.42 Å². The van der Waals surface area contributed by atoms with E-state index in [0.717, 1.165) is 0 Å². The topological polar surface area (TPSA) is 139 Å². The zero-order valence-electron chi connectivity index (χ0n) is 13.4. The lowest BCUT2D eigenvalue weighted by Gasteiger charge is -2.21. The van der Waals surface area contributed by atoms with Crippen LogP contribution in [0.5, 0.6) is 0 Å². The summed E-state index contributed by atoms with van der Waals surface area (Å²) in [5, 5.41) is 20.0. The van der Waals surface area contributed by atoms with Crippen molar-refractivity contribution >= 4 is 39.6 Å². The second-order valence-corrected chi connectivity index (χ2v) is 8.41. The Labute approximate surface area is 143 Å². The summed E-state index contributed by atoms with van der Waals surface area (Å²) in [4.78, 5) is 33.2. The lowest BCUT2D eigenvalue weighted by atomic mass is 10.2. The molecule has 0 fully saturated rings. The van der Waals surface area contributed by atoms with E-state index in [9.17, 15) is 14.4 Å². The van der Waals surface area contributed by atoms with Gasteiger partial charge >= 0.3 is 18.0 Å². The highest BCUT2D eigenvalue weighted by Crippen LogP contribution is 2.23. The van der Waals surface area contributed by atoms with E-state index in [1.807, 2.05) is 0 Å². The van der Waals surface area contributed by atoms with Gasteiger partial charge in [-0.1, -0.05) is 21.6 Å². The van der Waals surface area contributed by atoms with Gasteiger partial charge in [0.15, 0.2) is 0 Å². The molecule has 0 bridgehead atoms. The lowest BCUT2D eigenvalue weighted by Crippen LogP contribution is -2.43. The number of ether oxygens (including phenoxy) is 1. The van der Waals surface area contributed by atoms with Crippen molar-refractivity contribution in [2.75, 3.05) is 11.5 Å². The molecule has 0 saturated carbocycles. The Hall–Kier alpha value is -1.13. The fourth-order valence-corrected chi connectivity index (χ4v) is 3.49. The van der Waals surface area contributed by atoms with E-state index in [1.165, 1.54) is 21.6 Å². The number of carboxylic acid groups (broad SMARTS) is 2. The predicted molar refractivity (Wildman–Crippen MR) is 90.6 cm³/mol. The first-order chi connectivity index (χ1) is 10.5. The second-order valence-electron chi connectivity index (χ2n) is 5.70. The molecule has 0 aromatic rings. The Morgan fingerprint density at radius 2 is 1.61 bits per heavy atom. The number of rotatable bonds is 10. The van der Waals surface area contributed by atoms with Gasteiger partial charge in [0.05, 0.1) is 0 Å². The molecule has 8 nitrogen and oxygen atoms in total. The number of nitrogens with two attached hydrogens (primary N) is 1. The summed E-state index contributed by atoms with van der Waals surface area (Å²) in [5.41, 5.74) is 4.67. The largest absolute Gasteiger partial charge is 0.480 e. The Morgan fingerprint density at radius 3 is 2.04 bits per heavy atom. The van der Waals surface area contributed by atoms with Crippen molar-refractivity contribution in [1.29, 1.82) is 0 Å². The lowest BCUT2D eigenvalue weighted by molar-refractivity contribution is -0.140. The quantitative estimate of drug-likeness (QED) is 0.334. The third-order valence-electron chi connectivity index (χ3n) is 2.39. The van der Waals surface area contributed by atoms with Gasteiger partial charge in [0.1, 0.15) is 17.7 Å². The van der Waals surface area contributed by atoms with Crippen molar-refractivity contribution in [3.8, 4) is 0 Å². The van der Waals surface area contributed by atoms with Gasteiger partial charge in [-0.25, -0.2) is 9.59 Å². The highest BCUT2D eigenvalue weighted by molar-refractivity contribution is 8.76. The first-order valence-electron chi connectivity index (χ1n) is 6.98. The molecular weight excluding hydrogens is 344 g/mol. The van der Waals surface area contributed by atoms with Gasteiger partial charge in [0.2, 0.25) is 0 Å². The smallest absolute Gasteiger partial charge is 0.408 e. The van der Waals surface area contributed by atoms with E-state index in [1.54, 1.807) is 20.8 Å². The van der Waals surface area contributed by atoms with Gasteiger partial charge in [-0.15, -0.1) is 0 Å². The number of hydrogen-bond donors (Lipinski definition) is 4. The van der Waals surface area contributed by atoms with E-state index in [0.29, 0.717) is 17.9 Å². The highest BCUT2D eigenvalue weighted by atomic mass is 33.1. The van der Waals surface area contributed by atoms with Crippen molar-refractivity contribution in [3.05, 3.63) is 0 Å². The summed E-state index contributed by atoms with van der Waals surface area (Å²) >= 11 is 0. The van der Waals surface area contributed by atoms with E-state index in [4.69, 9.17) is 20.7 Å². The molecule has 2 atom stereocenters. The van der Waals surface area contributed by atoms with Gasteiger partial charge in [0, 0.05) is 11.5 Å². The minimum atomic E-state index is -1.13. The number of aliphatic carboxylic acids is 2. The first kappa shape index (κ1) is 21.9. The molecule has 134 valence electrons. The van der Waals surface area contributed by atoms with Crippen LogP contribution >= 0.6 is 21.6 Å². The maximum atomic E-state index is 11.6. The third kappa shape index (κ3) is 12.0. The fourth-order valence-electron chi connectivity index (χ4n) is 1.29. The number of amides is 1. The zero-order chi connectivity index (χ0) is 18.0. The molecule has 0 unspecified atom stereocenters. The van der Waals surface area contributed by atoms with E-state index in [2.05, 4.69) is 5.32 Å². The van der Waals surface area contributed by atoms with Crippen molar-refractivity contribution < 1.29 is 29.3 Å². The molecule has 10 heteroatoms. The van der Waals surface area contributed by atoms with Crippen LogP contribution in [0.3, 0.4) is 0 Å². The molecule has 1 amide bonds. The van der Waals surface area contributed by atoms with Gasteiger partial charge in [-0.05, 0) is 33.6 Å². The van der Waals surface area contributed by atoms with Gasteiger partial charge < -0.3 is 26.0 Å². The van der Waals surface area contributed by atoms with E-state index < -0.39 is 35.7 Å². The molecule has 0 radical (unpaired) electrons. The fraction of sp³-hybridized carbons (Fsp3) is 0.769. The highest BCUT2D eigenvalue weighted by Gasteiger charge is 2.23. The maximum Gasteiger partial charge on any atom is 0.408 e. The predicted octanol–water partition coefficient (Wildman–Crippen LogP) is 1.54. The van der Waals surface area contributed by atoms with Crippen LogP contribution in [0.4, 0.5) is 4.79 Å². The number of carboxylic acids is 2. The number of carbonyl (C=O) groups excluding carboxylic acids is 1. The van der Waals surface area contributed by atoms with E-state index >= 15 is 0 Å². The van der Waals surface area contributed by atoms with Crippen molar-refractivity contribution in [2.24, 2.45) is 5.73 Å². The first-order valence-corrected chi connectivity index (χ1v) is 9.47. The Morgan fingerprint density at radius 1 is 1.09 bits per heavy atom. The van der Waals surface area contributed by atoms with Gasteiger partial charge in [0.25, 0.3) is 0 Å². The molecule has 0 spiro atoms.